The first-order valence-corrected chi connectivity index (χ1v) is 9.02. The minimum atomic E-state index is -0.346. The Bertz CT molecular complexity index is 1140. The molecule has 5 heteroatoms. The highest BCUT2D eigenvalue weighted by atomic mass is 16.3. The summed E-state index contributed by atoms with van der Waals surface area (Å²) in [7, 11) is 0. The summed E-state index contributed by atoms with van der Waals surface area (Å²) in [5.41, 5.74) is 2.06. The normalized spacial score (nSPS) is 10.9. The number of benzene rings is 2. The zero-order chi connectivity index (χ0) is 20.1. The van der Waals surface area contributed by atoms with Gasteiger partial charge < -0.3 is 14.2 Å². The predicted molar refractivity (Wildman–Crippen MR) is 111 cm³/mol. The molecule has 0 radical (unpaired) electrons. The number of nitrogens with one attached hydrogen (secondary N) is 1. The number of amides is 1. The van der Waals surface area contributed by atoms with Gasteiger partial charge in [0.1, 0.15) is 11.5 Å². The Balaban J connectivity index is 1.39. The molecule has 29 heavy (non-hydrogen) atoms. The molecule has 0 atom stereocenters. The van der Waals surface area contributed by atoms with E-state index in [0.717, 1.165) is 11.3 Å². The molecular weight excluding hydrogens is 366 g/mol. The number of hydrogen-bond acceptors (Lipinski definition) is 4. The van der Waals surface area contributed by atoms with Crippen molar-refractivity contribution in [2.24, 2.45) is 0 Å². The van der Waals surface area contributed by atoms with E-state index < -0.39 is 0 Å². The second-order valence-corrected chi connectivity index (χ2v) is 6.27. The number of ketones is 1. The molecule has 0 spiro atoms. The van der Waals surface area contributed by atoms with Gasteiger partial charge >= 0.3 is 0 Å². The standard InChI is InChI=1S/C24H17NO4/c26-21(14-12-20-13-15-22(29-20)18-5-2-1-3-6-18)17-8-10-19(11-9-17)25-24(27)23-7-4-16-28-23/h1-16H,(H,25,27)/b14-12+. The van der Waals surface area contributed by atoms with E-state index in [-0.39, 0.29) is 17.5 Å². The van der Waals surface area contributed by atoms with Crippen molar-refractivity contribution < 1.29 is 18.4 Å². The van der Waals surface area contributed by atoms with E-state index in [1.54, 1.807) is 42.5 Å². The van der Waals surface area contributed by atoms with E-state index in [1.807, 2.05) is 42.5 Å². The fourth-order valence-corrected chi connectivity index (χ4v) is 2.77. The highest BCUT2D eigenvalue weighted by molar-refractivity contribution is 6.07. The van der Waals surface area contributed by atoms with Crippen LogP contribution in [-0.2, 0) is 0 Å². The largest absolute Gasteiger partial charge is 0.459 e. The second kappa shape index (κ2) is 8.27. The van der Waals surface area contributed by atoms with Gasteiger partial charge in [-0.25, -0.2) is 0 Å². The Labute approximate surface area is 167 Å². The molecule has 0 unspecified atom stereocenters. The Morgan fingerprint density at radius 1 is 0.828 bits per heavy atom. The molecule has 1 amide bonds. The van der Waals surface area contributed by atoms with Crippen LogP contribution in [0.15, 0.2) is 100 Å². The van der Waals surface area contributed by atoms with Crippen LogP contribution in [0.25, 0.3) is 17.4 Å². The Morgan fingerprint density at radius 3 is 2.34 bits per heavy atom. The lowest BCUT2D eigenvalue weighted by molar-refractivity contribution is 0.0996. The summed E-state index contributed by atoms with van der Waals surface area (Å²) >= 11 is 0. The molecule has 5 nitrogen and oxygen atoms in total. The second-order valence-electron chi connectivity index (χ2n) is 6.27. The third-order valence-electron chi connectivity index (χ3n) is 4.26. The number of carbonyl (C=O) groups excluding carboxylic acids is 2. The van der Waals surface area contributed by atoms with Crippen LogP contribution in [0.5, 0.6) is 0 Å². The molecule has 0 bridgehead atoms. The quantitative estimate of drug-likeness (QED) is 0.343. The van der Waals surface area contributed by atoms with Gasteiger partial charge in [-0.2, -0.15) is 0 Å². The van der Waals surface area contributed by atoms with Crippen molar-refractivity contribution in [2.75, 3.05) is 5.32 Å². The van der Waals surface area contributed by atoms with E-state index in [1.165, 1.54) is 12.3 Å². The number of carbonyl (C=O) groups is 2. The fraction of sp³-hybridized carbons (Fsp3) is 0. The van der Waals surface area contributed by atoms with Crippen molar-refractivity contribution >= 4 is 23.5 Å². The monoisotopic (exact) mass is 383 g/mol. The van der Waals surface area contributed by atoms with Crippen LogP contribution < -0.4 is 5.32 Å². The van der Waals surface area contributed by atoms with Crippen molar-refractivity contribution in [1.82, 2.24) is 0 Å². The van der Waals surface area contributed by atoms with Gasteiger partial charge in [-0.05, 0) is 60.7 Å². The third kappa shape index (κ3) is 4.42. The highest BCUT2D eigenvalue weighted by Gasteiger charge is 2.09. The molecule has 0 saturated carbocycles. The van der Waals surface area contributed by atoms with Crippen molar-refractivity contribution in [3.63, 3.8) is 0 Å². The van der Waals surface area contributed by atoms with Gasteiger partial charge in [-0.15, -0.1) is 0 Å². The molecule has 1 N–H and O–H groups in total. The number of anilines is 1. The molecule has 0 aliphatic carbocycles. The van der Waals surface area contributed by atoms with E-state index in [4.69, 9.17) is 8.83 Å². The lowest BCUT2D eigenvalue weighted by atomic mass is 10.1. The minimum Gasteiger partial charge on any atom is -0.459 e. The SMILES string of the molecule is O=C(/C=C/c1ccc(-c2ccccc2)o1)c1ccc(NC(=O)c2ccco2)cc1. The Morgan fingerprint density at radius 2 is 1.62 bits per heavy atom. The number of allylic oxidation sites excluding steroid dienone is 1. The van der Waals surface area contributed by atoms with Crippen LogP contribution in [0.1, 0.15) is 26.7 Å². The maximum absolute atomic E-state index is 12.4. The number of rotatable bonds is 6. The summed E-state index contributed by atoms with van der Waals surface area (Å²) in [6, 6.07) is 23.3. The lowest BCUT2D eigenvalue weighted by Crippen LogP contribution is -2.10. The van der Waals surface area contributed by atoms with Crippen molar-refractivity contribution in [3.05, 3.63) is 108 Å². The summed E-state index contributed by atoms with van der Waals surface area (Å²) in [6.07, 6.45) is 4.54. The summed E-state index contributed by atoms with van der Waals surface area (Å²) in [5.74, 6) is 1.06. The molecule has 0 saturated heterocycles. The Hall–Kier alpha value is -4.12. The molecule has 0 fully saturated rings. The van der Waals surface area contributed by atoms with E-state index in [9.17, 15) is 9.59 Å². The first kappa shape index (κ1) is 18.3. The summed E-state index contributed by atoms with van der Waals surface area (Å²) in [4.78, 5) is 24.3. The molecule has 0 aliphatic rings. The first-order valence-electron chi connectivity index (χ1n) is 9.02. The van der Waals surface area contributed by atoms with Crippen LogP contribution in [0, 0.1) is 0 Å². The summed E-state index contributed by atoms with van der Waals surface area (Å²) in [6.45, 7) is 0. The van der Waals surface area contributed by atoms with Gasteiger partial charge in [0.2, 0.25) is 0 Å². The zero-order valence-corrected chi connectivity index (χ0v) is 15.4. The van der Waals surface area contributed by atoms with E-state index >= 15 is 0 Å². The summed E-state index contributed by atoms with van der Waals surface area (Å²) < 4.78 is 10.8. The maximum atomic E-state index is 12.4. The van der Waals surface area contributed by atoms with E-state index in [0.29, 0.717) is 17.0 Å². The van der Waals surface area contributed by atoms with Gasteiger partial charge in [0.25, 0.3) is 5.91 Å². The average Bonchev–Trinajstić information content (AvgIpc) is 3.45. The number of hydrogen-bond donors (Lipinski definition) is 1. The summed E-state index contributed by atoms with van der Waals surface area (Å²) in [5, 5.41) is 2.71. The van der Waals surface area contributed by atoms with Crippen LogP contribution in [0.4, 0.5) is 5.69 Å². The molecular formula is C24H17NO4. The van der Waals surface area contributed by atoms with Gasteiger partial charge in [0.05, 0.1) is 6.26 Å². The van der Waals surface area contributed by atoms with Gasteiger partial charge in [0, 0.05) is 16.8 Å². The van der Waals surface area contributed by atoms with Crippen molar-refractivity contribution in [2.45, 2.75) is 0 Å². The molecule has 4 rings (SSSR count). The molecule has 142 valence electrons. The lowest BCUT2D eigenvalue weighted by Gasteiger charge is -2.03. The highest BCUT2D eigenvalue weighted by Crippen LogP contribution is 2.22. The first-order chi connectivity index (χ1) is 14.2. The molecule has 0 aliphatic heterocycles. The van der Waals surface area contributed by atoms with Crippen molar-refractivity contribution in [3.8, 4) is 11.3 Å². The van der Waals surface area contributed by atoms with Crippen LogP contribution in [-0.4, -0.2) is 11.7 Å². The molecule has 2 heterocycles. The molecule has 2 aromatic heterocycles. The third-order valence-corrected chi connectivity index (χ3v) is 4.26. The maximum Gasteiger partial charge on any atom is 0.291 e. The van der Waals surface area contributed by atoms with Crippen LogP contribution in [0.3, 0.4) is 0 Å². The van der Waals surface area contributed by atoms with Gasteiger partial charge in [-0.1, -0.05) is 30.3 Å². The fourth-order valence-electron chi connectivity index (χ4n) is 2.77. The van der Waals surface area contributed by atoms with Crippen LogP contribution in [0.2, 0.25) is 0 Å². The predicted octanol–water partition coefficient (Wildman–Crippen LogP) is 5.69. The Kier molecular flexibility index (Phi) is 5.21. The van der Waals surface area contributed by atoms with Gasteiger partial charge in [0.15, 0.2) is 11.5 Å². The average molecular weight is 383 g/mol. The van der Waals surface area contributed by atoms with Crippen molar-refractivity contribution in [1.29, 1.82) is 0 Å². The number of furan rings is 2. The molecule has 2 aromatic carbocycles. The topological polar surface area (TPSA) is 72.5 Å². The van der Waals surface area contributed by atoms with Gasteiger partial charge in [-0.3, -0.25) is 9.59 Å². The van der Waals surface area contributed by atoms with E-state index in [2.05, 4.69) is 5.32 Å². The minimum absolute atomic E-state index is 0.161. The van der Waals surface area contributed by atoms with Crippen LogP contribution >= 0.6 is 0 Å². The zero-order valence-electron chi connectivity index (χ0n) is 15.4. The smallest absolute Gasteiger partial charge is 0.291 e. The molecule has 4 aromatic rings.